The number of carbonyl (C=O) groups excluding carboxylic acids is 1. The first-order chi connectivity index (χ1) is 9.24. The molecule has 2 aromatic rings. The van der Waals surface area contributed by atoms with E-state index in [4.69, 9.17) is 0 Å². The number of rotatable bonds is 1. The summed E-state index contributed by atoms with van der Waals surface area (Å²) in [5, 5.41) is 16.9. The molecule has 1 aromatic heterocycles. The van der Waals surface area contributed by atoms with E-state index in [1.807, 2.05) is 6.07 Å². The molecular formula is C14H13N3O2. The molecule has 0 bridgehead atoms. The Balaban J connectivity index is 1.84. The van der Waals surface area contributed by atoms with Crippen molar-refractivity contribution >= 4 is 5.91 Å². The van der Waals surface area contributed by atoms with Crippen LogP contribution in [0.25, 0.3) is 0 Å². The van der Waals surface area contributed by atoms with E-state index in [2.05, 4.69) is 10.2 Å². The fraction of sp³-hybridized carbons (Fsp3) is 0.214. The molecule has 1 N–H and O–H groups in total. The van der Waals surface area contributed by atoms with Gasteiger partial charge in [0.2, 0.25) is 0 Å². The number of hydrogen-bond acceptors (Lipinski definition) is 4. The van der Waals surface area contributed by atoms with Crippen LogP contribution in [0.5, 0.6) is 5.75 Å². The number of hydrogen-bond donors (Lipinski definition) is 1. The van der Waals surface area contributed by atoms with Crippen LogP contribution in [0.3, 0.4) is 0 Å². The number of aromatic nitrogens is 2. The normalized spacial score (nSPS) is 14.0. The third-order valence-electron chi connectivity index (χ3n) is 3.32. The maximum atomic E-state index is 12.3. The molecule has 3 rings (SSSR count). The maximum Gasteiger partial charge on any atom is 0.255 e. The van der Waals surface area contributed by atoms with Crippen molar-refractivity contribution in [3.63, 3.8) is 0 Å². The van der Waals surface area contributed by atoms with Gasteiger partial charge in [0.05, 0.1) is 18.0 Å². The van der Waals surface area contributed by atoms with Crippen molar-refractivity contribution in [3.8, 4) is 5.75 Å². The number of amides is 1. The molecule has 0 saturated carbocycles. The van der Waals surface area contributed by atoms with Crippen molar-refractivity contribution in [2.24, 2.45) is 0 Å². The maximum absolute atomic E-state index is 12.3. The fourth-order valence-electron chi connectivity index (χ4n) is 2.32. The van der Waals surface area contributed by atoms with Gasteiger partial charge in [-0.2, -0.15) is 10.2 Å². The Labute approximate surface area is 110 Å². The number of benzene rings is 1. The molecule has 5 nitrogen and oxygen atoms in total. The first-order valence-electron chi connectivity index (χ1n) is 6.11. The number of fused-ring (bicyclic) bond motifs is 1. The highest BCUT2D eigenvalue weighted by molar-refractivity contribution is 5.93. The zero-order valence-electron chi connectivity index (χ0n) is 10.3. The van der Waals surface area contributed by atoms with Gasteiger partial charge in [0.25, 0.3) is 5.91 Å². The van der Waals surface area contributed by atoms with Crippen LogP contribution in [-0.2, 0) is 13.0 Å². The predicted molar refractivity (Wildman–Crippen MR) is 68.6 cm³/mol. The summed E-state index contributed by atoms with van der Waals surface area (Å²) in [5.41, 5.74) is 2.73. The van der Waals surface area contributed by atoms with Crippen LogP contribution >= 0.6 is 0 Å². The number of phenolic OH excluding ortho intramolecular Hbond substituents is 1. The van der Waals surface area contributed by atoms with E-state index in [0.717, 1.165) is 12.0 Å². The minimum atomic E-state index is -0.0520. The highest BCUT2D eigenvalue weighted by atomic mass is 16.3. The molecule has 19 heavy (non-hydrogen) atoms. The Morgan fingerprint density at radius 3 is 2.89 bits per heavy atom. The van der Waals surface area contributed by atoms with Crippen molar-refractivity contribution in [1.29, 1.82) is 0 Å². The molecule has 0 fully saturated rings. The molecule has 0 unspecified atom stereocenters. The standard InChI is InChI=1S/C14H13N3O2/c18-13-2-1-10-4-6-17(9-12(10)7-13)14(19)11-3-5-15-16-8-11/h1-3,5,7-8,18H,4,6,9H2. The molecule has 0 radical (unpaired) electrons. The van der Waals surface area contributed by atoms with Gasteiger partial charge in [-0.25, -0.2) is 0 Å². The SMILES string of the molecule is O=C(c1ccnnc1)N1CCc2ccc(O)cc2C1. The van der Waals surface area contributed by atoms with Crippen LogP contribution in [0, 0.1) is 0 Å². The minimum Gasteiger partial charge on any atom is -0.508 e. The van der Waals surface area contributed by atoms with E-state index < -0.39 is 0 Å². The van der Waals surface area contributed by atoms with Crippen LogP contribution in [0.15, 0.2) is 36.7 Å². The molecule has 1 aromatic carbocycles. The molecular weight excluding hydrogens is 242 g/mol. The Morgan fingerprint density at radius 2 is 2.11 bits per heavy atom. The largest absolute Gasteiger partial charge is 0.508 e. The summed E-state index contributed by atoms with van der Waals surface area (Å²) in [6.45, 7) is 1.20. The van der Waals surface area contributed by atoms with Crippen LogP contribution in [0.2, 0.25) is 0 Å². The second kappa shape index (κ2) is 4.68. The number of aromatic hydroxyl groups is 1. The summed E-state index contributed by atoms with van der Waals surface area (Å²) in [6.07, 6.45) is 3.79. The van der Waals surface area contributed by atoms with Crippen LogP contribution in [0.1, 0.15) is 21.5 Å². The van der Waals surface area contributed by atoms with E-state index in [1.54, 1.807) is 23.1 Å². The van der Waals surface area contributed by atoms with Crippen molar-refractivity contribution < 1.29 is 9.90 Å². The molecule has 1 aliphatic rings. The Hall–Kier alpha value is -2.43. The van der Waals surface area contributed by atoms with Crippen LogP contribution < -0.4 is 0 Å². The smallest absolute Gasteiger partial charge is 0.255 e. The molecule has 0 saturated heterocycles. The van der Waals surface area contributed by atoms with Gasteiger partial charge in [-0.15, -0.1) is 0 Å². The van der Waals surface area contributed by atoms with Gasteiger partial charge in [0.1, 0.15) is 5.75 Å². The second-order valence-electron chi connectivity index (χ2n) is 4.56. The quantitative estimate of drug-likeness (QED) is 0.836. The van der Waals surface area contributed by atoms with E-state index in [-0.39, 0.29) is 11.7 Å². The first kappa shape index (κ1) is 11.6. The average Bonchev–Trinajstić information content (AvgIpc) is 2.46. The summed E-state index contributed by atoms with van der Waals surface area (Å²) in [5.74, 6) is 0.183. The Bertz CT molecular complexity index is 613. The molecule has 1 aliphatic heterocycles. The number of phenols is 1. The van der Waals surface area contributed by atoms with Crippen molar-refractivity contribution in [2.45, 2.75) is 13.0 Å². The first-order valence-corrected chi connectivity index (χ1v) is 6.11. The Kier molecular flexibility index (Phi) is 2.87. The highest BCUT2D eigenvalue weighted by Gasteiger charge is 2.22. The minimum absolute atomic E-state index is 0.0520. The van der Waals surface area contributed by atoms with Crippen LogP contribution in [0.4, 0.5) is 0 Å². The summed E-state index contributed by atoms with van der Waals surface area (Å²) in [4.78, 5) is 14.1. The lowest BCUT2D eigenvalue weighted by atomic mass is 9.99. The van der Waals surface area contributed by atoms with Gasteiger partial charge in [0.15, 0.2) is 0 Å². The third-order valence-corrected chi connectivity index (χ3v) is 3.32. The lowest BCUT2D eigenvalue weighted by molar-refractivity contribution is 0.0734. The van der Waals surface area contributed by atoms with Crippen LogP contribution in [-0.4, -0.2) is 32.7 Å². The highest BCUT2D eigenvalue weighted by Crippen LogP contribution is 2.23. The summed E-state index contributed by atoms with van der Waals surface area (Å²) < 4.78 is 0. The molecule has 96 valence electrons. The van der Waals surface area contributed by atoms with Crippen molar-refractivity contribution in [1.82, 2.24) is 15.1 Å². The van der Waals surface area contributed by atoms with Gasteiger partial charge in [-0.05, 0) is 35.7 Å². The summed E-state index contributed by atoms with van der Waals surface area (Å²) >= 11 is 0. The van der Waals surface area contributed by atoms with Gasteiger partial charge >= 0.3 is 0 Å². The molecule has 0 atom stereocenters. The van der Waals surface area contributed by atoms with Crippen molar-refractivity contribution in [3.05, 3.63) is 53.3 Å². The number of carbonyl (C=O) groups is 1. The van der Waals surface area contributed by atoms with Gasteiger partial charge in [-0.1, -0.05) is 6.07 Å². The fourth-order valence-corrected chi connectivity index (χ4v) is 2.32. The average molecular weight is 255 g/mol. The summed E-state index contributed by atoms with van der Waals surface area (Å²) in [6, 6.07) is 6.98. The summed E-state index contributed by atoms with van der Waals surface area (Å²) in [7, 11) is 0. The van der Waals surface area contributed by atoms with Gasteiger partial charge in [-0.3, -0.25) is 4.79 Å². The lowest BCUT2D eigenvalue weighted by Crippen LogP contribution is -2.36. The van der Waals surface area contributed by atoms with Gasteiger partial charge in [0, 0.05) is 13.1 Å². The van der Waals surface area contributed by atoms with Crippen molar-refractivity contribution in [2.75, 3.05) is 6.54 Å². The van der Waals surface area contributed by atoms with E-state index in [1.165, 1.54) is 18.0 Å². The number of nitrogens with zero attached hydrogens (tertiary/aromatic N) is 3. The predicted octanol–water partition coefficient (Wildman–Crippen LogP) is 1.38. The zero-order chi connectivity index (χ0) is 13.2. The van der Waals surface area contributed by atoms with E-state index in [9.17, 15) is 9.90 Å². The molecule has 5 heteroatoms. The zero-order valence-corrected chi connectivity index (χ0v) is 10.3. The molecule has 0 aliphatic carbocycles. The topological polar surface area (TPSA) is 66.3 Å². The lowest BCUT2D eigenvalue weighted by Gasteiger charge is -2.28. The van der Waals surface area contributed by atoms with Gasteiger partial charge < -0.3 is 10.0 Å². The second-order valence-corrected chi connectivity index (χ2v) is 4.56. The Morgan fingerprint density at radius 1 is 1.21 bits per heavy atom. The van der Waals surface area contributed by atoms with E-state index in [0.29, 0.717) is 18.7 Å². The molecule has 0 spiro atoms. The third kappa shape index (κ3) is 2.27. The molecule has 1 amide bonds. The van der Waals surface area contributed by atoms with E-state index >= 15 is 0 Å². The monoisotopic (exact) mass is 255 g/mol. The molecule has 2 heterocycles.